The minimum atomic E-state index is -1.11. The number of carbonyl (C=O) groups is 2. The number of carbonyl (C=O) groups excluding carboxylic acids is 2. The molecule has 2 aliphatic heterocycles. The van der Waals surface area contributed by atoms with Gasteiger partial charge in [-0.05, 0) is 70.2 Å². The number of amides is 2. The van der Waals surface area contributed by atoms with Gasteiger partial charge in [0.2, 0.25) is 18.6 Å². The van der Waals surface area contributed by atoms with Gasteiger partial charge in [-0.15, -0.1) is 0 Å². The molecule has 9 nitrogen and oxygen atoms in total. The van der Waals surface area contributed by atoms with E-state index in [-0.39, 0.29) is 37.5 Å². The van der Waals surface area contributed by atoms with E-state index in [4.69, 9.17) is 14.3 Å². The highest BCUT2D eigenvalue weighted by molar-refractivity contribution is 6.06. The van der Waals surface area contributed by atoms with Crippen molar-refractivity contribution in [1.82, 2.24) is 4.90 Å². The van der Waals surface area contributed by atoms with Crippen molar-refractivity contribution in [2.24, 2.45) is 28.8 Å². The second kappa shape index (κ2) is 11.5. The molecular weight excluding hydrogens is 500 g/mol. The molecule has 6 atom stereocenters. The van der Waals surface area contributed by atoms with Crippen molar-refractivity contribution in [3.63, 3.8) is 0 Å². The second-order valence-corrected chi connectivity index (χ2v) is 11.4. The van der Waals surface area contributed by atoms with Gasteiger partial charge in [0.25, 0.3) is 0 Å². The number of hydrogen-bond acceptors (Lipinski definition) is 8. The molecule has 5 rings (SSSR count). The van der Waals surface area contributed by atoms with E-state index < -0.39 is 30.0 Å². The number of hydrogen-bond donors (Lipinski definition) is 2. The van der Waals surface area contributed by atoms with Gasteiger partial charge in [0, 0.05) is 18.3 Å². The summed E-state index contributed by atoms with van der Waals surface area (Å²) in [4.78, 5) is 33.9. The normalized spacial score (nSPS) is 30.8. The van der Waals surface area contributed by atoms with Crippen molar-refractivity contribution in [3.8, 4) is 11.5 Å². The number of aliphatic hydroxyl groups is 2. The Balaban J connectivity index is 1.28. The van der Waals surface area contributed by atoms with E-state index in [1.807, 2.05) is 12.1 Å². The van der Waals surface area contributed by atoms with Crippen LogP contribution in [0.5, 0.6) is 11.5 Å². The van der Waals surface area contributed by atoms with Gasteiger partial charge in [0.15, 0.2) is 11.5 Å². The Bertz CT molecular complexity index is 1200. The zero-order valence-corrected chi connectivity index (χ0v) is 22.8. The van der Waals surface area contributed by atoms with Crippen molar-refractivity contribution >= 4 is 17.5 Å². The fourth-order valence-electron chi connectivity index (χ4n) is 6.41. The number of aliphatic hydroxyl groups excluding tert-OH is 2. The molecule has 2 heterocycles. The molecule has 2 aliphatic carbocycles. The molecule has 0 spiro atoms. The molecule has 3 fully saturated rings. The summed E-state index contributed by atoms with van der Waals surface area (Å²) in [5.41, 5.74) is 3.93. The average molecular weight is 539 g/mol. The molecule has 210 valence electrons. The van der Waals surface area contributed by atoms with Crippen LogP contribution in [-0.2, 0) is 21.0 Å². The van der Waals surface area contributed by atoms with Crippen LogP contribution in [0.1, 0.15) is 58.4 Å². The summed E-state index contributed by atoms with van der Waals surface area (Å²) >= 11 is 0. The average Bonchev–Trinajstić information content (AvgIpc) is 3.47. The van der Waals surface area contributed by atoms with Gasteiger partial charge in [0.1, 0.15) is 6.61 Å². The number of imide groups is 1. The standard InChI is InChI=1S/C30H38N2O7/c1-17(2)5-4-6-18(3)11-12-39-31-22-14-23(33)28(34)26-20(22)8-9-21-27(26)30(36)32(29(21)35)15-19-7-10-24-25(13-19)38-16-37-24/h5,7,10-11,13,20-21,23,26-28,33-34H,4,6,8-9,12,14-16H2,1-3H3/t20-,21-,23-,26+,27-,28-/m1/s1. The molecule has 2 saturated carbocycles. The molecule has 1 saturated heterocycles. The quantitative estimate of drug-likeness (QED) is 0.224. The molecule has 39 heavy (non-hydrogen) atoms. The van der Waals surface area contributed by atoms with Crippen molar-refractivity contribution in [2.45, 2.75) is 71.6 Å². The number of fused-ring (bicyclic) bond motifs is 4. The number of likely N-dealkylation sites (tertiary alicyclic amines) is 1. The number of rotatable bonds is 8. The lowest BCUT2D eigenvalue weighted by atomic mass is 9.60. The van der Waals surface area contributed by atoms with Crippen LogP contribution in [0.25, 0.3) is 0 Å². The van der Waals surface area contributed by atoms with E-state index in [9.17, 15) is 19.8 Å². The topological polar surface area (TPSA) is 118 Å². The lowest BCUT2D eigenvalue weighted by Gasteiger charge is -2.45. The fraction of sp³-hybridized carbons (Fsp3) is 0.567. The SMILES string of the molecule is CC(C)=CCCC(C)=CCON=C1C[C@@H](O)[C@@H](O)[C@@H]2[C@@H]3C(=O)N(Cc4ccc5c(c4)OCO5)C(=O)[C@@H]3CC[C@H]12. The lowest BCUT2D eigenvalue weighted by molar-refractivity contribution is -0.142. The summed E-state index contributed by atoms with van der Waals surface area (Å²) in [6.45, 7) is 6.81. The minimum Gasteiger partial charge on any atom is -0.454 e. The monoisotopic (exact) mass is 538 g/mol. The van der Waals surface area contributed by atoms with Crippen LogP contribution in [0, 0.1) is 23.7 Å². The fourth-order valence-corrected chi connectivity index (χ4v) is 6.41. The third-order valence-electron chi connectivity index (χ3n) is 8.43. The van der Waals surface area contributed by atoms with Gasteiger partial charge >= 0.3 is 0 Å². The van der Waals surface area contributed by atoms with Crippen LogP contribution in [0.15, 0.2) is 46.7 Å². The Morgan fingerprint density at radius 2 is 1.85 bits per heavy atom. The summed E-state index contributed by atoms with van der Waals surface area (Å²) < 4.78 is 10.8. The predicted molar refractivity (Wildman–Crippen MR) is 144 cm³/mol. The predicted octanol–water partition coefficient (Wildman–Crippen LogP) is 3.73. The number of benzene rings is 1. The van der Waals surface area contributed by atoms with Crippen LogP contribution in [0.2, 0.25) is 0 Å². The zero-order valence-electron chi connectivity index (χ0n) is 22.8. The lowest BCUT2D eigenvalue weighted by Crippen LogP contribution is -2.54. The maximum atomic E-state index is 13.6. The van der Waals surface area contributed by atoms with Gasteiger partial charge in [-0.25, -0.2) is 0 Å². The second-order valence-electron chi connectivity index (χ2n) is 11.4. The Hall–Kier alpha value is -3.17. The van der Waals surface area contributed by atoms with Crippen LogP contribution < -0.4 is 9.47 Å². The van der Waals surface area contributed by atoms with Gasteiger partial charge < -0.3 is 24.5 Å². The molecule has 9 heteroatoms. The van der Waals surface area contributed by atoms with Crippen molar-refractivity contribution < 1.29 is 34.1 Å². The third kappa shape index (κ3) is 5.61. The highest BCUT2D eigenvalue weighted by Crippen LogP contribution is 2.50. The van der Waals surface area contributed by atoms with E-state index in [0.29, 0.717) is 36.7 Å². The maximum Gasteiger partial charge on any atom is 0.233 e. The molecular formula is C30H38N2O7. The first-order valence-corrected chi connectivity index (χ1v) is 13.8. The molecule has 0 unspecified atom stereocenters. The Morgan fingerprint density at radius 3 is 2.64 bits per heavy atom. The highest BCUT2D eigenvalue weighted by atomic mass is 16.7. The summed E-state index contributed by atoms with van der Waals surface area (Å²) in [6.07, 6.45) is 5.27. The summed E-state index contributed by atoms with van der Waals surface area (Å²) in [5, 5.41) is 26.1. The van der Waals surface area contributed by atoms with Gasteiger partial charge in [-0.1, -0.05) is 28.4 Å². The Labute approximate surface area is 229 Å². The number of ether oxygens (including phenoxy) is 2. The van der Waals surface area contributed by atoms with Crippen LogP contribution in [0.3, 0.4) is 0 Å². The first kappa shape index (κ1) is 27.4. The molecule has 2 N–H and O–H groups in total. The smallest absolute Gasteiger partial charge is 0.233 e. The molecule has 0 bridgehead atoms. The van der Waals surface area contributed by atoms with Crippen molar-refractivity contribution in [2.75, 3.05) is 13.4 Å². The van der Waals surface area contributed by atoms with Gasteiger partial charge in [-0.2, -0.15) is 0 Å². The van der Waals surface area contributed by atoms with E-state index in [1.54, 1.807) is 12.1 Å². The van der Waals surface area contributed by atoms with Crippen LogP contribution in [-0.4, -0.2) is 58.2 Å². The number of oxime groups is 1. The van der Waals surface area contributed by atoms with Crippen molar-refractivity contribution in [1.29, 1.82) is 0 Å². The van der Waals surface area contributed by atoms with E-state index >= 15 is 0 Å². The van der Waals surface area contributed by atoms with Crippen LogP contribution in [0.4, 0.5) is 0 Å². The molecule has 4 aliphatic rings. The third-order valence-corrected chi connectivity index (χ3v) is 8.43. The number of allylic oxidation sites excluding steroid dienone is 3. The number of nitrogens with zero attached hydrogens (tertiary/aromatic N) is 2. The summed E-state index contributed by atoms with van der Waals surface area (Å²) in [6, 6.07) is 5.38. The van der Waals surface area contributed by atoms with Gasteiger partial charge in [0.05, 0.1) is 36.3 Å². The molecule has 1 aromatic rings. The maximum absolute atomic E-state index is 13.6. The van der Waals surface area contributed by atoms with Crippen molar-refractivity contribution in [3.05, 3.63) is 47.1 Å². The summed E-state index contributed by atoms with van der Waals surface area (Å²) in [5.74, 6) is -1.33. The molecule has 0 aromatic heterocycles. The molecule has 2 amide bonds. The molecule has 1 aromatic carbocycles. The Morgan fingerprint density at radius 1 is 1.08 bits per heavy atom. The van der Waals surface area contributed by atoms with E-state index in [1.165, 1.54) is 16.0 Å². The highest BCUT2D eigenvalue weighted by Gasteiger charge is 2.59. The Kier molecular flexibility index (Phi) is 8.09. The molecule has 0 radical (unpaired) electrons. The minimum absolute atomic E-state index is 0.126. The zero-order chi connectivity index (χ0) is 27.7. The van der Waals surface area contributed by atoms with E-state index in [0.717, 1.165) is 18.4 Å². The van der Waals surface area contributed by atoms with E-state index in [2.05, 4.69) is 32.0 Å². The first-order chi connectivity index (χ1) is 18.7. The largest absolute Gasteiger partial charge is 0.454 e. The first-order valence-electron chi connectivity index (χ1n) is 13.8. The van der Waals surface area contributed by atoms with Crippen LogP contribution >= 0.6 is 0 Å². The summed E-state index contributed by atoms with van der Waals surface area (Å²) in [7, 11) is 0. The van der Waals surface area contributed by atoms with Gasteiger partial charge in [-0.3, -0.25) is 14.5 Å².